The van der Waals surface area contributed by atoms with Crippen LogP contribution in [0.5, 0.6) is 0 Å². The number of esters is 1. The zero-order valence-electron chi connectivity index (χ0n) is 9.64. The zero-order valence-corrected chi connectivity index (χ0v) is 9.64. The number of methoxy groups -OCH3 is 1. The van der Waals surface area contributed by atoms with Crippen LogP contribution in [0.4, 0.5) is 0 Å². The molecule has 0 aliphatic heterocycles. The Morgan fingerprint density at radius 3 is 2.64 bits per heavy atom. The molecule has 0 amide bonds. The summed E-state index contributed by atoms with van der Waals surface area (Å²) in [6.07, 6.45) is 5.29. The Hall–Kier alpha value is -0.570. The monoisotopic (exact) mass is 201 g/mol. The molecule has 0 bridgehead atoms. The highest BCUT2D eigenvalue weighted by Gasteiger charge is 2.05. The van der Waals surface area contributed by atoms with Crippen LogP contribution in [0, 0.1) is 0 Å². The number of nitrogens with one attached hydrogen (secondary N) is 1. The van der Waals surface area contributed by atoms with Gasteiger partial charge in [-0.2, -0.15) is 0 Å². The minimum Gasteiger partial charge on any atom is -0.469 e. The van der Waals surface area contributed by atoms with Crippen LogP contribution in [-0.4, -0.2) is 25.7 Å². The lowest BCUT2D eigenvalue weighted by molar-refractivity contribution is -0.140. The van der Waals surface area contributed by atoms with Gasteiger partial charge in [0.1, 0.15) is 0 Å². The molecule has 0 aliphatic carbocycles. The van der Waals surface area contributed by atoms with E-state index in [1.165, 1.54) is 26.4 Å². The molecule has 1 N–H and O–H groups in total. The first-order valence-electron chi connectivity index (χ1n) is 5.54. The van der Waals surface area contributed by atoms with Crippen molar-refractivity contribution in [1.29, 1.82) is 0 Å². The van der Waals surface area contributed by atoms with E-state index in [1.807, 2.05) is 0 Å². The Balaban J connectivity index is 3.46. The summed E-state index contributed by atoms with van der Waals surface area (Å²) in [7, 11) is 1.43. The van der Waals surface area contributed by atoms with Gasteiger partial charge in [-0.25, -0.2) is 0 Å². The van der Waals surface area contributed by atoms with Crippen molar-refractivity contribution in [1.82, 2.24) is 5.32 Å². The highest BCUT2D eigenvalue weighted by Crippen LogP contribution is 2.03. The third-order valence-electron chi connectivity index (χ3n) is 2.39. The van der Waals surface area contributed by atoms with Crippen molar-refractivity contribution in [2.45, 2.75) is 52.0 Å². The number of unbranched alkanes of at least 4 members (excludes halogenated alkanes) is 1. The molecular weight excluding hydrogens is 178 g/mol. The normalized spacial score (nSPS) is 12.5. The maximum atomic E-state index is 10.8. The third-order valence-corrected chi connectivity index (χ3v) is 2.39. The highest BCUT2D eigenvalue weighted by molar-refractivity contribution is 5.69. The third kappa shape index (κ3) is 6.89. The van der Waals surface area contributed by atoms with Crippen LogP contribution >= 0.6 is 0 Å². The molecule has 0 aromatic rings. The molecule has 3 nitrogen and oxygen atoms in total. The van der Waals surface area contributed by atoms with Crippen LogP contribution in [0.3, 0.4) is 0 Å². The van der Waals surface area contributed by atoms with Crippen molar-refractivity contribution in [3.63, 3.8) is 0 Å². The van der Waals surface area contributed by atoms with E-state index in [1.54, 1.807) is 0 Å². The van der Waals surface area contributed by atoms with Gasteiger partial charge in [0.05, 0.1) is 13.5 Å². The van der Waals surface area contributed by atoms with Crippen LogP contribution in [0.1, 0.15) is 46.0 Å². The first kappa shape index (κ1) is 13.4. The van der Waals surface area contributed by atoms with E-state index in [0.717, 1.165) is 13.0 Å². The van der Waals surface area contributed by atoms with Gasteiger partial charge < -0.3 is 10.1 Å². The summed E-state index contributed by atoms with van der Waals surface area (Å²) >= 11 is 0. The number of carbonyl (C=O) groups excluding carboxylic acids is 1. The molecule has 0 fully saturated rings. The predicted molar refractivity (Wildman–Crippen MR) is 58.2 cm³/mol. The summed E-state index contributed by atoms with van der Waals surface area (Å²) in [5.74, 6) is -0.136. The molecule has 0 spiro atoms. The van der Waals surface area contributed by atoms with E-state index < -0.39 is 0 Å². The van der Waals surface area contributed by atoms with Crippen LogP contribution in [0.2, 0.25) is 0 Å². The van der Waals surface area contributed by atoms with Crippen LogP contribution in [-0.2, 0) is 9.53 Å². The number of hydrogen-bond acceptors (Lipinski definition) is 3. The summed E-state index contributed by atoms with van der Waals surface area (Å²) in [5, 5.41) is 3.37. The maximum Gasteiger partial charge on any atom is 0.306 e. The molecule has 1 atom stereocenters. The lowest BCUT2D eigenvalue weighted by Gasteiger charge is -2.15. The molecule has 0 aromatic carbocycles. The van der Waals surface area contributed by atoms with Gasteiger partial charge in [0, 0.05) is 12.6 Å². The number of ether oxygens (including phenoxy) is 1. The molecule has 0 radical (unpaired) electrons. The standard InChI is InChI=1S/C11H23NO2/c1-4-6-7-10(5-2)12-9-8-11(13)14-3/h10,12H,4-9H2,1-3H3. The predicted octanol–water partition coefficient (Wildman–Crippen LogP) is 2.11. The van der Waals surface area contributed by atoms with E-state index in [-0.39, 0.29) is 5.97 Å². The number of carbonyl (C=O) groups is 1. The number of rotatable bonds is 8. The van der Waals surface area contributed by atoms with Crippen molar-refractivity contribution in [3.8, 4) is 0 Å². The van der Waals surface area contributed by atoms with E-state index in [0.29, 0.717) is 12.5 Å². The van der Waals surface area contributed by atoms with Gasteiger partial charge in [0.2, 0.25) is 0 Å². The van der Waals surface area contributed by atoms with Crippen molar-refractivity contribution in [3.05, 3.63) is 0 Å². The van der Waals surface area contributed by atoms with Crippen molar-refractivity contribution >= 4 is 5.97 Å². The highest BCUT2D eigenvalue weighted by atomic mass is 16.5. The molecule has 0 aromatic heterocycles. The van der Waals surface area contributed by atoms with Crippen molar-refractivity contribution in [2.24, 2.45) is 0 Å². The Morgan fingerprint density at radius 1 is 1.43 bits per heavy atom. The molecule has 0 heterocycles. The molecule has 3 heteroatoms. The van der Waals surface area contributed by atoms with E-state index >= 15 is 0 Å². The van der Waals surface area contributed by atoms with Gasteiger partial charge in [-0.15, -0.1) is 0 Å². The molecule has 84 valence electrons. The Kier molecular flexibility index (Phi) is 8.64. The lowest BCUT2D eigenvalue weighted by atomic mass is 10.1. The minimum atomic E-state index is -0.136. The second-order valence-corrected chi connectivity index (χ2v) is 3.53. The lowest BCUT2D eigenvalue weighted by Crippen LogP contribution is -2.30. The first-order chi connectivity index (χ1) is 6.74. The van der Waals surface area contributed by atoms with Gasteiger partial charge >= 0.3 is 5.97 Å². The Morgan fingerprint density at radius 2 is 2.14 bits per heavy atom. The fourth-order valence-electron chi connectivity index (χ4n) is 1.38. The topological polar surface area (TPSA) is 38.3 Å². The Labute approximate surface area is 87.2 Å². The molecule has 14 heavy (non-hydrogen) atoms. The molecule has 0 rings (SSSR count). The minimum absolute atomic E-state index is 0.136. The smallest absolute Gasteiger partial charge is 0.306 e. The van der Waals surface area contributed by atoms with E-state index in [4.69, 9.17) is 0 Å². The van der Waals surface area contributed by atoms with Crippen LogP contribution in [0.25, 0.3) is 0 Å². The summed E-state index contributed by atoms with van der Waals surface area (Å²) in [4.78, 5) is 10.8. The van der Waals surface area contributed by atoms with Gasteiger partial charge in [-0.3, -0.25) is 4.79 Å². The molecule has 1 unspecified atom stereocenters. The van der Waals surface area contributed by atoms with Crippen molar-refractivity contribution < 1.29 is 9.53 Å². The zero-order chi connectivity index (χ0) is 10.8. The summed E-state index contributed by atoms with van der Waals surface area (Å²) in [6.45, 7) is 5.10. The fourth-order valence-corrected chi connectivity index (χ4v) is 1.38. The van der Waals surface area contributed by atoms with Gasteiger partial charge in [-0.1, -0.05) is 26.7 Å². The van der Waals surface area contributed by atoms with Crippen LogP contribution < -0.4 is 5.32 Å². The SMILES string of the molecule is CCCCC(CC)NCCC(=O)OC. The molecule has 0 saturated carbocycles. The maximum absolute atomic E-state index is 10.8. The summed E-state index contributed by atoms with van der Waals surface area (Å²) < 4.78 is 4.57. The average Bonchev–Trinajstić information content (AvgIpc) is 2.22. The second kappa shape index (κ2) is 9.00. The molecular formula is C11H23NO2. The quantitative estimate of drug-likeness (QED) is 0.611. The van der Waals surface area contributed by atoms with E-state index in [2.05, 4.69) is 23.9 Å². The van der Waals surface area contributed by atoms with Gasteiger partial charge in [0.15, 0.2) is 0 Å². The number of hydrogen-bond donors (Lipinski definition) is 1. The van der Waals surface area contributed by atoms with Gasteiger partial charge in [0.25, 0.3) is 0 Å². The van der Waals surface area contributed by atoms with Gasteiger partial charge in [-0.05, 0) is 12.8 Å². The van der Waals surface area contributed by atoms with Crippen LogP contribution in [0.15, 0.2) is 0 Å². The molecule has 0 saturated heterocycles. The Bertz CT molecular complexity index is 148. The largest absolute Gasteiger partial charge is 0.469 e. The summed E-state index contributed by atoms with van der Waals surface area (Å²) in [5.41, 5.74) is 0. The fraction of sp³-hybridized carbons (Fsp3) is 0.909. The second-order valence-electron chi connectivity index (χ2n) is 3.53. The summed E-state index contributed by atoms with van der Waals surface area (Å²) in [6, 6.07) is 0.555. The molecule has 0 aliphatic rings. The average molecular weight is 201 g/mol. The van der Waals surface area contributed by atoms with Crippen molar-refractivity contribution in [2.75, 3.05) is 13.7 Å². The van der Waals surface area contributed by atoms with E-state index in [9.17, 15) is 4.79 Å². The first-order valence-corrected chi connectivity index (χ1v) is 5.54.